The molecule has 0 aromatic carbocycles. The average Bonchev–Trinajstić information content (AvgIpc) is 3.13. The molecule has 1 aliphatic rings. The summed E-state index contributed by atoms with van der Waals surface area (Å²) in [6, 6.07) is 0. The highest BCUT2D eigenvalue weighted by Crippen LogP contribution is 2.18. The van der Waals surface area contributed by atoms with Gasteiger partial charge in [-0.1, -0.05) is 25.9 Å². The Morgan fingerprint density at radius 1 is 1.33 bits per heavy atom. The maximum atomic E-state index is 11.8. The fourth-order valence-corrected chi connectivity index (χ4v) is 2.59. The number of aromatic nitrogens is 2. The number of nitrogens with one attached hydrogen (secondary N) is 1. The van der Waals surface area contributed by atoms with Crippen LogP contribution in [0.25, 0.3) is 0 Å². The summed E-state index contributed by atoms with van der Waals surface area (Å²) >= 11 is 0. The lowest BCUT2D eigenvalue weighted by molar-refractivity contribution is -0.127. The van der Waals surface area contributed by atoms with Crippen LogP contribution in [0.15, 0.2) is 4.52 Å². The lowest BCUT2D eigenvalue weighted by Gasteiger charge is -2.15. The van der Waals surface area contributed by atoms with Crippen LogP contribution < -0.4 is 5.32 Å². The van der Waals surface area contributed by atoms with Gasteiger partial charge in [-0.15, -0.1) is 0 Å². The van der Waals surface area contributed by atoms with Gasteiger partial charge in [-0.05, 0) is 19.3 Å². The maximum absolute atomic E-state index is 11.8. The molecule has 7 nitrogen and oxygen atoms in total. The molecule has 0 radical (unpaired) electrons. The Bertz CT molecular complexity index is 562. The lowest BCUT2D eigenvalue weighted by atomic mass is 9.96. The Hall–Kier alpha value is -1.92. The number of nitrogens with zero attached hydrogens (tertiary/aromatic N) is 3. The molecule has 1 N–H and O–H groups in total. The third-order valence-corrected chi connectivity index (χ3v) is 4.03. The quantitative estimate of drug-likeness (QED) is 0.732. The molecular formula is C17H28N4O3. The van der Waals surface area contributed by atoms with Crippen molar-refractivity contribution in [2.45, 2.75) is 64.7 Å². The summed E-state index contributed by atoms with van der Waals surface area (Å²) in [7, 11) is 0. The number of carbonyl (C=O) groups excluding carboxylic acids is 2. The Morgan fingerprint density at radius 2 is 2.12 bits per heavy atom. The Morgan fingerprint density at radius 3 is 2.75 bits per heavy atom. The van der Waals surface area contributed by atoms with Crippen LogP contribution in [-0.2, 0) is 21.4 Å². The van der Waals surface area contributed by atoms with E-state index in [1.807, 2.05) is 25.7 Å². The Balaban J connectivity index is 1.56. The summed E-state index contributed by atoms with van der Waals surface area (Å²) in [6.45, 7) is 8.29. The van der Waals surface area contributed by atoms with Gasteiger partial charge in [0.1, 0.15) is 0 Å². The molecule has 0 bridgehead atoms. The van der Waals surface area contributed by atoms with Gasteiger partial charge in [0.15, 0.2) is 5.82 Å². The van der Waals surface area contributed by atoms with Gasteiger partial charge in [0, 0.05) is 44.3 Å². The Labute approximate surface area is 143 Å². The zero-order chi connectivity index (χ0) is 17.6. The van der Waals surface area contributed by atoms with Crippen LogP contribution >= 0.6 is 0 Å². The standard InChI is InChI=1S/C17H28N4O3/c1-17(2,3)16-19-14(24-20-16)8-4-7-13(22)18-10-6-12-21-11-5-9-15(21)23/h4-12H2,1-3H3,(H,18,22). The van der Waals surface area contributed by atoms with E-state index in [1.165, 1.54) is 0 Å². The maximum Gasteiger partial charge on any atom is 0.226 e. The highest BCUT2D eigenvalue weighted by molar-refractivity contribution is 5.78. The fourth-order valence-electron chi connectivity index (χ4n) is 2.59. The van der Waals surface area contributed by atoms with E-state index in [-0.39, 0.29) is 17.2 Å². The fraction of sp³-hybridized carbons (Fsp3) is 0.765. The largest absolute Gasteiger partial charge is 0.356 e. The van der Waals surface area contributed by atoms with Crippen LogP contribution in [0.1, 0.15) is 64.6 Å². The van der Waals surface area contributed by atoms with Crippen molar-refractivity contribution in [3.8, 4) is 0 Å². The van der Waals surface area contributed by atoms with E-state index in [4.69, 9.17) is 4.52 Å². The molecule has 1 saturated heterocycles. The van der Waals surface area contributed by atoms with E-state index in [0.29, 0.717) is 43.9 Å². The van der Waals surface area contributed by atoms with Crippen LogP contribution in [0.3, 0.4) is 0 Å². The Kier molecular flexibility index (Phi) is 6.34. The molecule has 2 rings (SSSR count). The first-order chi connectivity index (χ1) is 11.4. The minimum atomic E-state index is -0.129. The van der Waals surface area contributed by atoms with E-state index in [9.17, 15) is 9.59 Å². The van der Waals surface area contributed by atoms with E-state index < -0.39 is 0 Å². The summed E-state index contributed by atoms with van der Waals surface area (Å²) in [4.78, 5) is 29.5. The minimum absolute atomic E-state index is 0.0262. The first-order valence-corrected chi connectivity index (χ1v) is 8.74. The van der Waals surface area contributed by atoms with Crippen molar-refractivity contribution in [1.29, 1.82) is 0 Å². The molecule has 1 aromatic heterocycles. The van der Waals surface area contributed by atoms with Gasteiger partial charge in [0.2, 0.25) is 17.7 Å². The van der Waals surface area contributed by atoms with E-state index >= 15 is 0 Å². The van der Waals surface area contributed by atoms with Crippen molar-refractivity contribution >= 4 is 11.8 Å². The molecular weight excluding hydrogens is 308 g/mol. The molecule has 7 heteroatoms. The summed E-state index contributed by atoms with van der Waals surface area (Å²) in [5, 5.41) is 6.86. The van der Waals surface area contributed by atoms with Crippen LogP contribution in [0.5, 0.6) is 0 Å². The smallest absolute Gasteiger partial charge is 0.226 e. The number of carbonyl (C=O) groups is 2. The molecule has 0 saturated carbocycles. The third-order valence-electron chi connectivity index (χ3n) is 4.03. The number of likely N-dealkylation sites (tertiary alicyclic amines) is 1. The monoisotopic (exact) mass is 336 g/mol. The topological polar surface area (TPSA) is 88.3 Å². The summed E-state index contributed by atoms with van der Waals surface area (Å²) in [5.74, 6) is 1.53. The van der Waals surface area contributed by atoms with Crippen molar-refractivity contribution in [2.24, 2.45) is 0 Å². The summed E-state index contributed by atoms with van der Waals surface area (Å²) in [6.07, 6.45) is 4.16. The minimum Gasteiger partial charge on any atom is -0.356 e. The molecule has 1 fully saturated rings. The number of hydrogen-bond donors (Lipinski definition) is 1. The van der Waals surface area contributed by atoms with Crippen LogP contribution in [0, 0.1) is 0 Å². The number of rotatable bonds is 8. The summed E-state index contributed by atoms with van der Waals surface area (Å²) in [5.41, 5.74) is -0.129. The molecule has 0 spiro atoms. The lowest BCUT2D eigenvalue weighted by Crippen LogP contribution is -2.30. The van der Waals surface area contributed by atoms with Gasteiger partial charge in [0.25, 0.3) is 0 Å². The van der Waals surface area contributed by atoms with Gasteiger partial charge in [-0.3, -0.25) is 9.59 Å². The highest BCUT2D eigenvalue weighted by atomic mass is 16.5. The van der Waals surface area contributed by atoms with Crippen LogP contribution in [0.2, 0.25) is 0 Å². The molecule has 134 valence electrons. The first kappa shape index (κ1) is 18.4. The van der Waals surface area contributed by atoms with Crippen molar-refractivity contribution in [3.05, 3.63) is 11.7 Å². The van der Waals surface area contributed by atoms with Crippen LogP contribution in [0.4, 0.5) is 0 Å². The molecule has 0 aliphatic carbocycles. The third kappa shape index (κ3) is 5.62. The molecule has 0 atom stereocenters. The van der Waals surface area contributed by atoms with Crippen molar-refractivity contribution in [3.63, 3.8) is 0 Å². The second-order valence-electron chi connectivity index (χ2n) is 7.30. The van der Waals surface area contributed by atoms with E-state index in [0.717, 1.165) is 25.9 Å². The molecule has 0 unspecified atom stereocenters. The normalized spacial score (nSPS) is 15.1. The van der Waals surface area contributed by atoms with E-state index in [2.05, 4.69) is 15.5 Å². The van der Waals surface area contributed by atoms with Crippen molar-refractivity contribution in [2.75, 3.05) is 19.6 Å². The second kappa shape index (κ2) is 8.26. The predicted octanol–water partition coefficient (Wildman–Crippen LogP) is 1.82. The molecule has 24 heavy (non-hydrogen) atoms. The average molecular weight is 336 g/mol. The molecule has 1 aromatic rings. The van der Waals surface area contributed by atoms with Gasteiger partial charge in [-0.25, -0.2) is 0 Å². The van der Waals surface area contributed by atoms with Crippen molar-refractivity contribution < 1.29 is 14.1 Å². The van der Waals surface area contributed by atoms with E-state index in [1.54, 1.807) is 0 Å². The number of aryl methyl sites for hydroxylation is 1. The molecule has 1 aliphatic heterocycles. The summed E-state index contributed by atoms with van der Waals surface area (Å²) < 4.78 is 5.21. The number of hydrogen-bond acceptors (Lipinski definition) is 5. The van der Waals surface area contributed by atoms with Crippen molar-refractivity contribution in [1.82, 2.24) is 20.4 Å². The highest BCUT2D eigenvalue weighted by Gasteiger charge is 2.21. The SMILES string of the molecule is CC(C)(C)c1noc(CCCC(=O)NCCCN2CCCC2=O)n1. The zero-order valence-corrected chi connectivity index (χ0v) is 14.9. The van der Waals surface area contributed by atoms with Gasteiger partial charge < -0.3 is 14.7 Å². The van der Waals surface area contributed by atoms with Gasteiger partial charge >= 0.3 is 0 Å². The number of amides is 2. The molecule has 2 amide bonds. The van der Waals surface area contributed by atoms with Gasteiger partial charge in [0.05, 0.1) is 0 Å². The predicted molar refractivity (Wildman–Crippen MR) is 89.4 cm³/mol. The first-order valence-electron chi connectivity index (χ1n) is 8.74. The zero-order valence-electron chi connectivity index (χ0n) is 14.9. The second-order valence-corrected chi connectivity index (χ2v) is 7.30. The van der Waals surface area contributed by atoms with Gasteiger partial charge in [-0.2, -0.15) is 4.98 Å². The molecule has 2 heterocycles. The van der Waals surface area contributed by atoms with Crippen LogP contribution in [-0.4, -0.2) is 46.5 Å².